The van der Waals surface area contributed by atoms with Gasteiger partial charge in [0, 0.05) is 30.8 Å². The Bertz CT molecular complexity index is 712. The van der Waals surface area contributed by atoms with Crippen molar-refractivity contribution in [2.75, 3.05) is 18.0 Å². The molecule has 0 spiro atoms. The fourth-order valence-corrected chi connectivity index (χ4v) is 4.74. The minimum Gasteiger partial charge on any atom is -0.355 e. The second-order valence-electron chi connectivity index (χ2n) is 6.01. The predicted octanol–water partition coefficient (Wildman–Crippen LogP) is 3.05. The van der Waals surface area contributed by atoms with Crippen LogP contribution in [0.15, 0.2) is 0 Å². The molecule has 4 nitrogen and oxygen atoms in total. The van der Waals surface area contributed by atoms with E-state index in [4.69, 9.17) is 4.98 Å². The lowest BCUT2D eigenvalue weighted by Crippen LogP contribution is -2.34. The second-order valence-corrected chi connectivity index (χ2v) is 7.09. The summed E-state index contributed by atoms with van der Waals surface area (Å²) in [6.07, 6.45) is 6.20. The van der Waals surface area contributed by atoms with Gasteiger partial charge in [0.15, 0.2) is 0 Å². The van der Waals surface area contributed by atoms with Crippen LogP contribution in [0.5, 0.6) is 0 Å². The van der Waals surface area contributed by atoms with E-state index in [1.54, 1.807) is 0 Å². The fourth-order valence-electron chi connectivity index (χ4n) is 3.44. The van der Waals surface area contributed by atoms with Crippen LogP contribution in [0.1, 0.15) is 41.9 Å². The Morgan fingerprint density at radius 3 is 2.62 bits per heavy atom. The van der Waals surface area contributed by atoms with Gasteiger partial charge in [0.25, 0.3) is 0 Å². The number of anilines is 1. The smallest absolute Gasteiger partial charge is 0.141 e. The molecule has 0 radical (unpaired) electrons. The van der Waals surface area contributed by atoms with Gasteiger partial charge in [-0.25, -0.2) is 9.97 Å². The minimum atomic E-state index is 0.376. The summed E-state index contributed by atoms with van der Waals surface area (Å²) in [6.45, 7) is 3.57. The molecule has 0 atom stereocenters. The third kappa shape index (κ3) is 2.24. The number of aromatic nitrogens is 2. The third-order valence-electron chi connectivity index (χ3n) is 4.53. The van der Waals surface area contributed by atoms with Crippen LogP contribution in [0.3, 0.4) is 0 Å². The summed E-state index contributed by atoms with van der Waals surface area (Å²) in [5.74, 6) is 2.29. The molecular formula is C16H19N3OS. The zero-order chi connectivity index (χ0) is 14.4. The number of hydrogen-bond donors (Lipinski definition) is 0. The van der Waals surface area contributed by atoms with Crippen molar-refractivity contribution < 1.29 is 4.79 Å². The van der Waals surface area contributed by atoms with E-state index >= 15 is 0 Å². The maximum absolute atomic E-state index is 11.5. The van der Waals surface area contributed by atoms with Gasteiger partial charge < -0.3 is 4.90 Å². The number of Topliss-reactive ketones (excluding diaryl/α,β-unsaturated/α-hetero) is 1. The SMILES string of the molecule is Cc1nc(N2CCC(=O)CC2)c2c3c(sc2n1)CCCC3. The Kier molecular flexibility index (Phi) is 3.17. The molecule has 21 heavy (non-hydrogen) atoms. The molecule has 2 aromatic heterocycles. The van der Waals surface area contributed by atoms with Gasteiger partial charge in [0.1, 0.15) is 22.3 Å². The molecule has 0 amide bonds. The summed E-state index contributed by atoms with van der Waals surface area (Å²) < 4.78 is 0. The number of carbonyl (C=O) groups is 1. The molecule has 1 saturated heterocycles. The predicted molar refractivity (Wildman–Crippen MR) is 85.2 cm³/mol. The number of nitrogens with zero attached hydrogens (tertiary/aromatic N) is 3. The zero-order valence-corrected chi connectivity index (χ0v) is 13.1. The van der Waals surface area contributed by atoms with E-state index in [0.717, 1.165) is 36.0 Å². The molecular weight excluding hydrogens is 282 g/mol. The zero-order valence-electron chi connectivity index (χ0n) is 12.3. The lowest BCUT2D eigenvalue weighted by atomic mass is 9.96. The third-order valence-corrected chi connectivity index (χ3v) is 5.71. The number of hydrogen-bond acceptors (Lipinski definition) is 5. The summed E-state index contributed by atoms with van der Waals surface area (Å²) >= 11 is 1.85. The lowest BCUT2D eigenvalue weighted by Gasteiger charge is -2.28. The highest BCUT2D eigenvalue weighted by molar-refractivity contribution is 7.19. The molecule has 0 bridgehead atoms. The van der Waals surface area contributed by atoms with Gasteiger partial charge in [-0.1, -0.05) is 0 Å². The van der Waals surface area contributed by atoms with Crippen LogP contribution < -0.4 is 4.90 Å². The molecule has 1 aliphatic heterocycles. The highest BCUT2D eigenvalue weighted by atomic mass is 32.1. The molecule has 2 aromatic rings. The molecule has 110 valence electrons. The number of carbonyl (C=O) groups excluding carboxylic acids is 1. The number of piperidine rings is 1. The van der Waals surface area contributed by atoms with Crippen LogP contribution in [0.2, 0.25) is 0 Å². The molecule has 1 fully saturated rings. The highest BCUT2D eigenvalue weighted by Gasteiger charge is 2.25. The number of fused-ring (bicyclic) bond motifs is 3. The molecule has 3 heterocycles. The van der Waals surface area contributed by atoms with Crippen molar-refractivity contribution in [3.05, 3.63) is 16.3 Å². The number of ketones is 1. The normalized spacial score (nSPS) is 19.1. The van der Waals surface area contributed by atoms with E-state index in [0.29, 0.717) is 18.6 Å². The molecule has 0 aromatic carbocycles. The molecule has 0 unspecified atom stereocenters. The first-order valence-corrected chi connectivity index (χ1v) is 8.59. The van der Waals surface area contributed by atoms with Gasteiger partial charge >= 0.3 is 0 Å². The number of thiophene rings is 1. The van der Waals surface area contributed by atoms with Gasteiger partial charge in [-0.3, -0.25) is 4.79 Å². The summed E-state index contributed by atoms with van der Waals surface area (Å²) in [7, 11) is 0. The molecule has 5 heteroatoms. The van der Waals surface area contributed by atoms with Crippen molar-refractivity contribution in [3.63, 3.8) is 0 Å². The summed E-state index contributed by atoms with van der Waals surface area (Å²) in [5, 5.41) is 1.27. The summed E-state index contributed by atoms with van der Waals surface area (Å²) in [5.41, 5.74) is 1.48. The van der Waals surface area contributed by atoms with Crippen molar-refractivity contribution >= 4 is 33.2 Å². The first kappa shape index (κ1) is 13.2. The van der Waals surface area contributed by atoms with Crippen molar-refractivity contribution in [1.82, 2.24) is 9.97 Å². The van der Waals surface area contributed by atoms with E-state index in [1.807, 2.05) is 18.3 Å². The average Bonchev–Trinajstić information content (AvgIpc) is 2.85. The minimum absolute atomic E-state index is 0.376. The van der Waals surface area contributed by atoms with E-state index in [2.05, 4.69) is 9.88 Å². The van der Waals surface area contributed by atoms with E-state index in [-0.39, 0.29) is 0 Å². The largest absolute Gasteiger partial charge is 0.355 e. The molecule has 1 aliphatic carbocycles. The fraction of sp³-hybridized carbons (Fsp3) is 0.562. The summed E-state index contributed by atoms with van der Waals surface area (Å²) in [6, 6.07) is 0. The van der Waals surface area contributed by atoms with Crippen LogP contribution in [0.4, 0.5) is 5.82 Å². The van der Waals surface area contributed by atoms with Gasteiger partial charge in [-0.2, -0.15) is 0 Å². The van der Waals surface area contributed by atoms with Crippen molar-refractivity contribution in [1.29, 1.82) is 0 Å². The maximum atomic E-state index is 11.5. The van der Waals surface area contributed by atoms with E-state index in [1.165, 1.54) is 35.1 Å². The van der Waals surface area contributed by atoms with Crippen LogP contribution in [0, 0.1) is 6.92 Å². The Morgan fingerprint density at radius 2 is 1.81 bits per heavy atom. The molecule has 2 aliphatic rings. The lowest BCUT2D eigenvalue weighted by molar-refractivity contribution is -0.119. The first-order chi connectivity index (χ1) is 10.2. The monoisotopic (exact) mass is 301 g/mol. The molecule has 0 N–H and O–H groups in total. The first-order valence-electron chi connectivity index (χ1n) is 7.78. The van der Waals surface area contributed by atoms with Crippen LogP contribution in [-0.2, 0) is 17.6 Å². The second kappa shape index (κ2) is 5.05. The standard InChI is InChI=1S/C16H19N3OS/c1-10-17-15(19-8-6-11(20)7-9-19)14-12-4-2-3-5-13(12)21-16(14)18-10/h2-9H2,1H3. The molecule has 4 rings (SSSR count). The average molecular weight is 301 g/mol. The van der Waals surface area contributed by atoms with Gasteiger partial charge in [-0.05, 0) is 38.2 Å². The van der Waals surface area contributed by atoms with Gasteiger partial charge in [0.05, 0.1) is 5.39 Å². The number of rotatable bonds is 1. The highest BCUT2D eigenvalue weighted by Crippen LogP contribution is 2.40. The van der Waals surface area contributed by atoms with Crippen molar-refractivity contribution in [3.8, 4) is 0 Å². The Labute approximate surface area is 128 Å². The van der Waals surface area contributed by atoms with Crippen LogP contribution in [-0.4, -0.2) is 28.8 Å². The van der Waals surface area contributed by atoms with E-state index in [9.17, 15) is 4.79 Å². The Hall–Kier alpha value is -1.49. The Balaban J connectivity index is 1.86. The van der Waals surface area contributed by atoms with Crippen molar-refractivity contribution in [2.24, 2.45) is 0 Å². The maximum Gasteiger partial charge on any atom is 0.141 e. The van der Waals surface area contributed by atoms with Gasteiger partial charge in [-0.15, -0.1) is 11.3 Å². The quantitative estimate of drug-likeness (QED) is 0.812. The Morgan fingerprint density at radius 1 is 1.05 bits per heavy atom. The topological polar surface area (TPSA) is 46.1 Å². The van der Waals surface area contributed by atoms with E-state index < -0.39 is 0 Å². The van der Waals surface area contributed by atoms with Gasteiger partial charge in [0.2, 0.25) is 0 Å². The van der Waals surface area contributed by atoms with Crippen LogP contribution >= 0.6 is 11.3 Å². The summed E-state index contributed by atoms with van der Waals surface area (Å²) in [4.78, 5) is 25.8. The van der Waals surface area contributed by atoms with Crippen molar-refractivity contribution in [2.45, 2.75) is 45.4 Å². The van der Waals surface area contributed by atoms with Crippen LogP contribution in [0.25, 0.3) is 10.2 Å². The number of aryl methyl sites for hydroxylation is 3. The molecule has 0 saturated carbocycles.